The number of carbonyl (C=O) groups excluding carboxylic acids is 1. The lowest BCUT2D eigenvalue weighted by Crippen LogP contribution is -2.54. The van der Waals surface area contributed by atoms with Gasteiger partial charge in [0.2, 0.25) is 5.91 Å². The highest BCUT2D eigenvalue weighted by molar-refractivity contribution is 5.87. The van der Waals surface area contributed by atoms with Crippen LogP contribution in [0.1, 0.15) is 71.9 Å². The highest BCUT2D eigenvalue weighted by Crippen LogP contribution is 2.54. The highest BCUT2D eigenvalue weighted by atomic mass is 16.4. The number of hydrogen-bond donors (Lipinski definition) is 3. The molecule has 0 radical (unpaired) electrons. The quantitative estimate of drug-likeness (QED) is 0.690. The van der Waals surface area contributed by atoms with Crippen molar-refractivity contribution in [2.75, 3.05) is 0 Å². The van der Waals surface area contributed by atoms with Gasteiger partial charge in [0.15, 0.2) is 0 Å². The van der Waals surface area contributed by atoms with E-state index in [1.165, 1.54) is 19.4 Å². The van der Waals surface area contributed by atoms with Crippen molar-refractivity contribution in [3.05, 3.63) is 35.4 Å². The topological polar surface area (TPSA) is 104 Å². The van der Waals surface area contributed by atoms with Crippen LogP contribution in [0, 0.1) is 16.2 Å². The molecule has 0 spiro atoms. The van der Waals surface area contributed by atoms with E-state index in [-0.39, 0.29) is 30.6 Å². The molecular weight excluding hydrogens is 370 g/mol. The molecule has 160 valence electrons. The molecule has 2 rings (SSSR count). The average molecular weight is 404 g/mol. The second kappa shape index (κ2) is 7.47. The number of nitrogens with one attached hydrogen (secondary N) is 1. The van der Waals surface area contributed by atoms with E-state index >= 15 is 0 Å². The van der Waals surface area contributed by atoms with Gasteiger partial charge >= 0.3 is 11.9 Å². The lowest BCUT2D eigenvalue weighted by molar-refractivity contribution is -0.169. The Bertz CT molecular complexity index is 780. The minimum Gasteiger partial charge on any atom is -0.481 e. The Hall–Kier alpha value is -2.37. The summed E-state index contributed by atoms with van der Waals surface area (Å²) in [7, 11) is 0. The summed E-state index contributed by atoms with van der Waals surface area (Å²) >= 11 is 0. The van der Waals surface area contributed by atoms with Crippen molar-refractivity contribution in [2.24, 2.45) is 16.2 Å². The molecule has 1 aliphatic rings. The van der Waals surface area contributed by atoms with Gasteiger partial charge in [-0.15, -0.1) is 0 Å². The molecule has 1 aromatic rings. The van der Waals surface area contributed by atoms with Crippen molar-refractivity contribution in [3.8, 4) is 0 Å². The van der Waals surface area contributed by atoms with Crippen molar-refractivity contribution in [1.82, 2.24) is 5.32 Å². The molecule has 6 heteroatoms. The van der Waals surface area contributed by atoms with Gasteiger partial charge in [-0.2, -0.15) is 0 Å². The number of aliphatic carboxylic acids is 2. The molecule has 0 aromatic heterocycles. The van der Waals surface area contributed by atoms with Gasteiger partial charge in [0.05, 0.1) is 10.8 Å². The average Bonchev–Trinajstić information content (AvgIpc) is 2.58. The number of benzene rings is 1. The molecule has 1 saturated carbocycles. The molecule has 1 aromatic carbocycles. The predicted octanol–water partition coefficient (Wildman–Crippen LogP) is 3.97. The lowest BCUT2D eigenvalue weighted by Gasteiger charge is -2.48. The second-order valence-corrected chi connectivity index (χ2v) is 10.5. The van der Waals surface area contributed by atoms with Crippen molar-refractivity contribution >= 4 is 17.8 Å². The SMILES string of the molecule is CC1(C(=O)NCc2ccc(C(C)(C)C)cc2)C[C@](C)(C(=O)O)C[C@](C)(C(=O)O)C1. The number of carboxylic acids is 2. The Balaban J connectivity index is 2.19. The predicted molar refractivity (Wildman–Crippen MR) is 110 cm³/mol. The van der Waals surface area contributed by atoms with E-state index in [0.717, 1.165) is 5.56 Å². The number of rotatable bonds is 5. The Kier molecular flexibility index (Phi) is 5.90. The molecule has 0 heterocycles. The first kappa shape index (κ1) is 22.9. The zero-order valence-corrected chi connectivity index (χ0v) is 18.3. The summed E-state index contributed by atoms with van der Waals surface area (Å²) in [5, 5.41) is 22.3. The van der Waals surface area contributed by atoms with Crippen molar-refractivity contribution in [1.29, 1.82) is 0 Å². The van der Waals surface area contributed by atoms with Crippen LogP contribution in [0.5, 0.6) is 0 Å². The van der Waals surface area contributed by atoms with Crippen molar-refractivity contribution < 1.29 is 24.6 Å². The first-order valence-corrected chi connectivity index (χ1v) is 9.96. The summed E-state index contributed by atoms with van der Waals surface area (Å²) in [5.41, 5.74) is -1.45. The Morgan fingerprint density at radius 3 is 1.66 bits per heavy atom. The summed E-state index contributed by atoms with van der Waals surface area (Å²) in [6.07, 6.45) is 0.210. The summed E-state index contributed by atoms with van der Waals surface area (Å²) in [5.74, 6) is -2.44. The molecule has 3 N–H and O–H groups in total. The van der Waals surface area contributed by atoms with Gasteiger partial charge in [-0.3, -0.25) is 14.4 Å². The van der Waals surface area contributed by atoms with Gasteiger partial charge in [0.25, 0.3) is 0 Å². The fourth-order valence-corrected chi connectivity index (χ4v) is 4.75. The minimum atomic E-state index is -1.27. The van der Waals surface area contributed by atoms with Crippen LogP contribution in [0.4, 0.5) is 0 Å². The van der Waals surface area contributed by atoms with E-state index < -0.39 is 28.2 Å². The normalized spacial score (nSPS) is 29.9. The standard InChI is InChI=1S/C23H33NO5/c1-20(2,3)16-9-7-15(8-10-16)11-24-17(25)21(4)12-22(5,18(26)27)14-23(6,13-21)19(28)29/h7-10H,11-14H2,1-6H3,(H,24,25)(H,26,27)(H,28,29)/t21?,22-,23+. The van der Waals surface area contributed by atoms with Crippen LogP contribution < -0.4 is 5.32 Å². The molecule has 3 atom stereocenters. The lowest BCUT2D eigenvalue weighted by atomic mass is 9.54. The van der Waals surface area contributed by atoms with E-state index in [0.29, 0.717) is 6.54 Å². The molecular formula is C23H33NO5. The van der Waals surface area contributed by atoms with Crippen LogP contribution in [0.3, 0.4) is 0 Å². The van der Waals surface area contributed by atoms with Gasteiger partial charge < -0.3 is 15.5 Å². The maximum atomic E-state index is 13.0. The monoisotopic (exact) mass is 403 g/mol. The zero-order valence-electron chi connectivity index (χ0n) is 18.3. The van der Waals surface area contributed by atoms with Crippen LogP contribution in [0.25, 0.3) is 0 Å². The fraction of sp³-hybridized carbons (Fsp3) is 0.609. The molecule has 1 aliphatic carbocycles. The van der Waals surface area contributed by atoms with E-state index in [1.54, 1.807) is 6.92 Å². The highest BCUT2D eigenvalue weighted by Gasteiger charge is 2.57. The third kappa shape index (κ3) is 4.80. The first-order chi connectivity index (χ1) is 13.1. The summed E-state index contributed by atoms with van der Waals surface area (Å²) in [4.78, 5) is 36.8. The van der Waals surface area contributed by atoms with Crippen LogP contribution in [0.2, 0.25) is 0 Å². The van der Waals surface area contributed by atoms with Crippen LogP contribution in [-0.4, -0.2) is 28.1 Å². The van der Waals surface area contributed by atoms with Gasteiger partial charge in [-0.1, -0.05) is 52.0 Å². The fourth-order valence-electron chi connectivity index (χ4n) is 4.75. The largest absolute Gasteiger partial charge is 0.481 e. The summed E-state index contributed by atoms with van der Waals surface area (Å²) in [6, 6.07) is 8.00. The van der Waals surface area contributed by atoms with Crippen molar-refractivity contribution in [2.45, 2.75) is 72.8 Å². The van der Waals surface area contributed by atoms with E-state index in [1.807, 2.05) is 24.3 Å². The van der Waals surface area contributed by atoms with E-state index in [9.17, 15) is 24.6 Å². The first-order valence-electron chi connectivity index (χ1n) is 9.96. The summed E-state index contributed by atoms with van der Waals surface area (Å²) < 4.78 is 0. The number of hydrogen-bond acceptors (Lipinski definition) is 3. The number of carboxylic acid groups (broad SMARTS) is 2. The molecule has 0 saturated heterocycles. The number of carbonyl (C=O) groups is 3. The maximum absolute atomic E-state index is 13.0. The third-order valence-corrected chi connectivity index (χ3v) is 6.19. The molecule has 1 amide bonds. The second-order valence-electron chi connectivity index (χ2n) is 10.5. The van der Waals surface area contributed by atoms with Crippen molar-refractivity contribution in [3.63, 3.8) is 0 Å². The third-order valence-electron chi connectivity index (χ3n) is 6.19. The molecule has 29 heavy (non-hydrogen) atoms. The Labute approximate surface area is 172 Å². The van der Waals surface area contributed by atoms with Gasteiger partial charge in [0, 0.05) is 12.0 Å². The molecule has 0 bridgehead atoms. The zero-order chi connectivity index (χ0) is 22.3. The van der Waals surface area contributed by atoms with Crippen LogP contribution in [0.15, 0.2) is 24.3 Å². The Morgan fingerprint density at radius 2 is 1.28 bits per heavy atom. The van der Waals surface area contributed by atoms with Gasteiger partial charge in [-0.05, 0) is 49.7 Å². The number of amides is 1. The van der Waals surface area contributed by atoms with Crippen LogP contribution >= 0.6 is 0 Å². The van der Waals surface area contributed by atoms with E-state index in [4.69, 9.17) is 0 Å². The van der Waals surface area contributed by atoms with Gasteiger partial charge in [0.1, 0.15) is 0 Å². The minimum absolute atomic E-state index is 0.00179. The van der Waals surface area contributed by atoms with Crippen LogP contribution in [-0.2, 0) is 26.3 Å². The smallest absolute Gasteiger partial charge is 0.309 e. The molecule has 0 aliphatic heterocycles. The summed E-state index contributed by atoms with van der Waals surface area (Å²) in [6.45, 7) is 11.4. The van der Waals surface area contributed by atoms with Gasteiger partial charge in [-0.25, -0.2) is 0 Å². The van der Waals surface area contributed by atoms with E-state index in [2.05, 4.69) is 26.1 Å². The maximum Gasteiger partial charge on any atom is 0.309 e. The molecule has 1 fully saturated rings. The molecule has 6 nitrogen and oxygen atoms in total. The Morgan fingerprint density at radius 1 is 0.862 bits per heavy atom. The molecule has 1 unspecified atom stereocenters.